The van der Waals surface area contributed by atoms with Crippen molar-refractivity contribution in [2.24, 2.45) is 4.99 Å². The van der Waals surface area contributed by atoms with E-state index in [9.17, 15) is 4.79 Å². The minimum atomic E-state index is 0.0463. The number of likely N-dealkylation sites (tertiary alicyclic amines) is 1. The Morgan fingerprint density at radius 3 is 2.62 bits per heavy atom. The molecule has 0 saturated carbocycles. The zero-order valence-corrected chi connectivity index (χ0v) is 19.6. The maximum atomic E-state index is 12.3. The summed E-state index contributed by atoms with van der Waals surface area (Å²) < 4.78 is 5.89. The van der Waals surface area contributed by atoms with Gasteiger partial charge < -0.3 is 20.3 Å². The Bertz CT molecular complexity index is 899. The van der Waals surface area contributed by atoms with Crippen LogP contribution in [0.15, 0.2) is 47.5 Å². The van der Waals surface area contributed by atoms with Gasteiger partial charge in [0.2, 0.25) is 5.91 Å². The van der Waals surface area contributed by atoms with Crippen LogP contribution in [0, 0.1) is 0 Å². The number of hydrogen-bond donors (Lipinski definition) is 2. The lowest BCUT2D eigenvalue weighted by Crippen LogP contribution is -2.44. The van der Waals surface area contributed by atoms with Gasteiger partial charge in [-0.3, -0.25) is 14.7 Å². The van der Waals surface area contributed by atoms with Crippen molar-refractivity contribution < 1.29 is 9.53 Å². The van der Waals surface area contributed by atoms with Gasteiger partial charge in [-0.05, 0) is 55.1 Å². The molecular formula is C25H37N5O2. The summed E-state index contributed by atoms with van der Waals surface area (Å²) in [7, 11) is 5.46. The number of likely N-dealkylation sites (N-methyl/N-ethyl adjacent to an activating group) is 1. The van der Waals surface area contributed by atoms with E-state index in [2.05, 4.69) is 44.8 Å². The topological polar surface area (TPSA) is 69.2 Å². The number of nitrogens with zero attached hydrogens (tertiary/aromatic N) is 3. The molecule has 1 aliphatic rings. The maximum absolute atomic E-state index is 12.3. The van der Waals surface area contributed by atoms with Crippen molar-refractivity contribution in [3.05, 3.63) is 42.5 Å². The second kappa shape index (κ2) is 12.3. The third-order valence-electron chi connectivity index (χ3n) is 5.83. The van der Waals surface area contributed by atoms with Gasteiger partial charge in [0.25, 0.3) is 0 Å². The highest BCUT2D eigenvalue weighted by Gasteiger charge is 2.30. The van der Waals surface area contributed by atoms with Crippen molar-refractivity contribution in [1.82, 2.24) is 20.4 Å². The van der Waals surface area contributed by atoms with Crippen LogP contribution in [0.25, 0.3) is 10.8 Å². The molecule has 0 aliphatic carbocycles. The summed E-state index contributed by atoms with van der Waals surface area (Å²) in [6, 6.07) is 14.5. The Hall–Kier alpha value is -2.80. The number of hydrogen-bond acceptors (Lipinski definition) is 4. The highest BCUT2D eigenvalue weighted by atomic mass is 16.5. The van der Waals surface area contributed by atoms with E-state index in [4.69, 9.17) is 4.74 Å². The third-order valence-corrected chi connectivity index (χ3v) is 5.83. The van der Waals surface area contributed by atoms with Gasteiger partial charge in [-0.25, -0.2) is 0 Å². The largest absolute Gasteiger partial charge is 0.494 e. The molecule has 2 aromatic rings. The molecule has 3 rings (SSSR count). The highest BCUT2D eigenvalue weighted by molar-refractivity contribution is 5.83. The summed E-state index contributed by atoms with van der Waals surface area (Å²) in [6.07, 6.45) is 3.93. The summed E-state index contributed by atoms with van der Waals surface area (Å²) in [4.78, 5) is 20.6. The molecule has 2 N–H and O–H groups in total. The van der Waals surface area contributed by atoms with Gasteiger partial charge in [0.05, 0.1) is 12.6 Å². The van der Waals surface area contributed by atoms with Crippen molar-refractivity contribution in [3.8, 4) is 5.75 Å². The first-order valence-corrected chi connectivity index (χ1v) is 11.6. The standard InChI is InChI=1S/C25H37N5O2/c1-26-25(27-14-7-17-30-16-6-11-23(30)24(31)29(2)3)28-15-8-18-32-22-13-12-20-9-4-5-10-21(20)19-22/h4-5,9-10,12-13,19,23H,6-8,11,14-18H2,1-3H3,(H2,26,27,28). The van der Waals surface area contributed by atoms with Crippen LogP contribution in [-0.2, 0) is 4.79 Å². The average molecular weight is 440 g/mol. The molecule has 2 aromatic carbocycles. The van der Waals surface area contributed by atoms with Gasteiger partial charge in [0.1, 0.15) is 5.75 Å². The van der Waals surface area contributed by atoms with Gasteiger partial charge in [-0.1, -0.05) is 30.3 Å². The Morgan fingerprint density at radius 1 is 1.12 bits per heavy atom. The molecule has 0 bridgehead atoms. The molecule has 1 unspecified atom stereocenters. The molecule has 1 atom stereocenters. The molecule has 7 nitrogen and oxygen atoms in total. The normalized spacial score (nSPS) is 16.8. The average Bonchev–Trinajstić information content (AvgIpc) is 3.27. The summed E-state index contributed by atoms with van der Waals surface area (Å²) in [6.45, 7) is 4.20. The Kier molecular flexibility index (Phi) is 9.16. The molecule has 1 saturated heterocycles. The number of benzene rings is 2. The number of aliphatic imine (C=N–C) groups is 1. The number of carbonyl (C=O) groups excluding carboxylic acids is 1. The molecule has 1 heterocycles. The molecule has 0 spiro atoms. The summed E-state index contributed by atoms with van der Waals surface area (Å²) in [5.74, 6) is 1.93. The summed E-state index contributed by atoms with van der Waals surface area (Å²) >= 11 is 0. The minimum Gasteiger partial charge on any atom is -0.494 e. The van der Waals surface area contributed by atoms with E-state index in [-0.39, 0.29) is 11.9 Å². The van der Waals surface area contributed by atoms with Gasteiger partial charge in [0, 0.05) is 40.8 Å². The lowest BCUT2D eigenvalue weighted by molar-refractivity contribution is -0.133. The van der Waals surface area contributed by atoms with Crippen LogP contribution in [0.2, 0.25) is 0 Å². The first kappa shape index (κ1) is 23.9. The molecule has 0 radical (unpaired) electrons. The number of guanidine groups is 1. The first-order chi connectivity index (χ1) is 15.6. The van der Waals surface area contributed by atoms with Crippen LogP contribution in [0.3, 0.4) is 0 Å². The summed E-state index contributed by atoms with van der Waals surface area (Å²) in [5, 5.41) is 9.12. The first-order valence-electron chi connectivity index (χ1n) is 11.6. The molecular weight excluding hydrogens is 402 g/mol. The number of amides is 1. The fourth-order valence-corrected chi connectivity index (χ4v) is 4.11. The Labute approximate surface area is 191 Å². The molecule has 0 aromatic heterocycles. The SMILES string of the molecule is CN=C(NCCCOc1ccc2ccccc2c1)NCCCN1CCCC1C(=O)N(C)C. The Balaban J connectivity index is 1.29. The number of fused-ring (bicyclic) bond motifs is 1. The lowest BCUT2D eigenvalue weighted by Gasteiger charge is -2.26. The van der Waals surface area contributed by atoms with Crippen LogP contribution in [0.4, 0.5) is 0 Å². The molecule has 174 valence electrons. The second-order valence-corrected chi connectivity index (χ2v) is 8.42. The minimum absolute atomic E-state index is 0.0463. The molecule has 32 heavy (non-hydrogen) atoms. The van der Waals surface area contributed by atoms with Crippen molar-refractivity contribution >= 4 is 22.6 Å². The van der Waals surface area contributed by atoms with E-state index in [1.165, 1.54) is 10.8 Å². The third kappa shape index (κ3) is 6.85. The van der Waals surface area contributed by atoms with Crippen LogP contribution in [0.5, 0.6) is 5.75 Å². The lowest BCUT2D eigenvalue weighted by atomic mass is 10.1. The molecule has 1 fully saturated rings. The summed E-state index contributed by atoms with van der Waals surface area (Å²) in [5.41, 5.74) is 0. The van der Waals surface area contributed by atoms with Crippen LogP contribution >= 0.6 is 0 Å². The number of carbonyl (C=O) groups is 1. The van der Waals surface area contributed by atoms with Gasteiger partial charge >= 0.3 is 0 Å². The predicted molar refractivity (Wildman–Crippen MR) is 131 cm³/mol. The van der Waals surface area contributed by atoms with E-state index in [1.807, 2.05) is 32.3 Å². The van der Waals surface area contributed by atoms with Crippen LogP contribution in [0.1, 0.15) is 25.7 Å². The van der Waals surface area contributed by atoms with Crippen LogP contribution < -0.4 is 15.4 Å². The maximum Gasteiger partial charge on any atom is 0.239 e. The molecule has 1 aliphatic heterocycles. The predicted octanol–water partition coefficient (Wildman–Crippen LogP) is 2.72. The second-order valence-electron chi connectivity index (χ2n) is 8.42. The number of nitrogens with one attached hydrogen (secondary N) is 2. The Morgan fingerprint density at radius 2 is 1.88 bits per heavy atom. The van der Waals surface area contributed by atoms with Gasteiger partial charge in [-0.15, -0.1) is 0 Å². The number of rotatable bonds is 10. The smallest absolute Gasteiger partial charge is 0.239 e. The van der Waals surface area contributed by atoms with E-state index >= 15 is 0 Å². The monoisotopic (exact) mass is 439 g/mol. The molecule has 1 amide bonds. The van der Waals surface area contributed by atoms with Gasteiger partial charge in [0.15, 0.2) is 5.96 Å². The van der Waals surface area contributed by atoms with E-state index in [1.54, 1.807) is 11.9 Å². The zero-order chi connectivity index (χ0) is 22.8. The fourth-order valence-electron chi connectivity index (χ4n) is 4.11. The van der Waals surface area contributed by atoms with E-state index < -0.39 is 0 Å². The molecule has 7 heteroatoms. The van der Waals surface area contributed by atoms with Crippen molar-refractivity contribution in [1.29, 1.82) is 0 Å². The fraction of sp³-hybridized carbons (Fsp3) is 0.520. The van der Waals surface area contributed by atoms with Crippen molar-refractivity contribution in [2.45, 2.75) is 31.7 Å². The van der Waals surface area contributed by atoms with Gasteiger partial charge in [-0.2, -0.15) is 0 Å². The number of ether oxygens (including phenoxy) is 1. The van der Waals surface area contributed by atoms with E-state index in [0.717, 1.165) is 63.6 Å². The highest BCUT2D eigenvalue weighted by Crippen LogP contribution is 2.20. The van der Waals surface area contributed by atoms with Crippen molar-refractivity contribution in [2.75, 3.05) is 53.9 Å². The zero-order valence-electron chi connectivity index (χ0n) is 19.6. The van der Waals surface area contributed by atoms with Crippen molar-refractivity contribution in [3.63, 3.8) is 0 Å². The quantitative estimate of drug-likeness (QED) is 0.338. The van der Waals surface area contributed by atoms with Crippen LogP contribution in [-0.4, -0.2) is 81.6 Å². The van der Waals surface area contributed by atoms with E-state index in [0.29, 0.717) is 6.61 Å².